The third-order valence-electron chi connectivity index (χ3n) is 4.44. The van der Waals surface area contributed by atoms with Gasteiger partial charge >= 0.3 is 0 Å². The van der Waals surface area contributed by atoms with Gasteiger partial charge in [-0.15, -0.1) is 11.3 Å². The minimum Gasteiger partial charge on any atom is -0.497 e. The molecule has 26 heavy (non-hydrogen) atoms. The quantitative estimate of drug-likeness (QED) is 0.717. The van der Waals surface area contributed by atoms with Crippen LogP contribution in [0.3, 0.4) is 0 Å². The first-order chi connectivity index (χ1) is 12.5. The van der Waals surface area contributed by atoms with Crippen molar-refractivity contribution in [1.29, 1.82) is 0 Å². The van der Waals surface area contributed by atoms with E-state index in [2.05, 4.69) is 24.1 Å². The average molecular weight is 369 g/mol. The summed E-state index contributed by atoms with van der Waals surface area (Å²) in [5.41, 5.74) is 2.14. The highest BCUT2D eigenvalue weighted by Crippen LogP contribution is 2.27. The zero-order valence-electron chi connectivity index (χ0n) is 15.4. The second-order valence-electron chi connectivity index (χ2n) is 6.13. The van der Waals surface area contributed by atoms with Crippen molar-refractivity contribution in [3.63, 3.8) is 0 Å². The minimum atomic E-state index is -0.356. The number of thiophene rings is 1. The van der Waals surface area contributed by atoms with Crippen molar-refractivity contribution in [3.05, 3.63) is 69.4 Å². The molecule has 3 aromatic rings. The van der Waals surface area contributed by atoms with Crippen molar-refractivity contribution in [1.82, 2.24) is 14.9 Å². The number of amides is 1. The van der Waals surface area contributed by atoms with Crippen LogP contribution in [0.5, 0.6) is 5.75 Å². The van der Waals surface area contributed by atoms with E-state index in [-0.39, 0.29) is 11.9 Å². The third-order valence-corrected chi connectivity index (χ3v) is 5.54. The molecule has 6 heteroatoms. The monoisotopic (exact) mass is 369 g/mol. The Kier molecular flexibility index (Phi) is 5.42. The van der Waals surface area contributed by atoms with E-state index in [1.165, 1.54) is 21.8 Å². The Morgan fingerprint density at radius 1 is 1.38 bits per heavy atom. The van der Waals surface area contributed by atoms with Gasteiger partial charge in [-0.3, -0.25) is 4.79 Å². The van der Waals surface area contributed by atoms with Gasteiger partial charge in [0.15, 0.2) is 0 Å². The van der Waals surface area contributed by atoms with E-state index in [1.807, 2.05) is 48.1 Å². The van der Waals surface area contributed by atoms with E-state index < -0.39 is 0 Å². The Morgan fingerprint density at radius 2 is 2.19 bits per heavy atom. The van der Waals surface area contributed by atoms with Gasteiger partial charge in [-0.05, 0) is 42.7 Å². The summed E-state index contributed by atoms with van der Waals surface area (Å²) >= 11 is 1.53. The van der Waals surface area contributed by atoms with E-state index in [9.17, 15) is 4.79 Å². The van der Waals surface area contributed by atoms with Crippen LogP contribution in [-0.2, 0) is 13.5 Å². The average Bonchev–Trinajstić information content (AvgIpc) is 3.25. The maximum Gasteiger partial charge on any atom is 0.262 e. The molecular weight excluding hydrogens is 346 g/mol. The molecular formula is C20H23N3O2S. The number of carbonyl (C=O) groups is 1. The lowest BCUT2D eigenvalue weighted by molar-refractivity contribution is 0.0945. The standard InChI is InChI=1S/C20H23N3O2S/c1-5-14-12-17(26-13(14)2)20(24)22-18(19-21-9-10-23(19)3)15-7-6-8-16(11-15)25-4/h6-12,18H,5H2,1-4H3,(H,22,24). The molecule has 0 saturated heterocycles. The highest BCUT2D eigenvalue weighted by Gasteiger charge is 2.23. The molecule has 1 aromatic carbocycles. The number of methoxy groups -OCH3 is 1. The fourth-order valence-electron chi connectivity index (χ4n) is 2.96. The first kappa shape index (κ1) is 18.2. The number of aryl methyl sites for hydroxylation is 3. The van der Waals surface area contributed by atoms with Gasteiger partial charge in [-0.1, -0.05) is 19.1 Å². The summed E-state index contributed by atoms with van der Waals surface area (Å²) in [6, 6.07) is 9.33. The molecule has 0 spiro atoms. The number of hydrogen-bond acceptors (Lipinski definition) is 4. The zero-order chi connectivity index (χ0) is 18.7. The van der Waals surface area contributed by atoms with Crippen LogP contribution in [0.25, 0.3) is 0 Å². The Labute approximate surface area is 157 Å². The number of aromatic nitrogens is 2. The number of benzene rings is 1. The molecule has 136 valence electrons. The molecule has 0 aliphatic heterocycles. The van der Waals surface area contributed by atoms with E-state index in [0.717, 1.165) is 28.4 Å². The molecule has 0 aliphatic rings. The van der Waals surface area contributed by atoms with Crippen LogP contribution in [0.15, 0.2) is 42.7 Å². The van der Waals surface area contributed by atoms with Crippen molar-refractivity contribution >= 4 is 17.2 Å². The SMILES string of the molecule is CCc1cc(C(=O)NC(c2cccc(OC)c2)c2nccn2C)sc1C. The molecule has 1 atom stereocenters. The number of imidazole rings is 1. The van der Waals surface area contributed by atoms with E-state index in [0.29, 0.717) is 0 Å². The number of rotatable bonds is 6. The molecule has 0 fully saturated rings. The highest BCUT2D eigenvalue weighted by molar-refractivity contribution is 7.14. The second kappa shape index (κ2) is 7.74. The Hall–Kier alpha value is -2.60. The van der Waals surface area contributed by atoms with Crippen LogP contribution >= 0.6 is 11.3 Å². The smallest absolute Gasteiger partial charge is 0.262 e. The lowest BCUT2D eigenvalue weighted by atomic mass is 10.1. The van der Waals surface area contributed by atoms with E-state index >= 15 is 0 Å². The first-order valence-corrected chi connectivity index (χ1v) is 9.36. The summed E-state index contributed by atoms with van der Waals surface area (Å²) in [6.45, 7) is 4.16. The normalized spacial score (nSPS) is 12.0. The summed E-state index contributed by atoms with van der Waals surface area (Å²) in [4.78, 5) is 19.3. The molecule has 0 bridgehead atoms. The predicted octanol–water partition coefficient (Wildman–Crippen LogP) is 3.88. The summed E-state index contributed by atoms with van der Waals surface area (Å²) < 4.78 is 7.26. The van der Waals surface area contributed by atoms with Crippen LogP contribution < -0.4 is 10.1 Å². The molecule has 1 amide bonds. The molecule has 2 aromatic heterocycles. The van der Waals surface area contributed by atoms with Gasteiger partial charge in [0, 0.05) is 24.3 Å². The zero-order valence-corrected chi connectivity index (χ0v) is 16.3. The summed E-state index contributed by atoms with van der Waals surface area (Å²) in [7, 11) is 3.56. The molecule has 0 aliphatic carbocycles. The number of nitrogens with one attached hydrogen (secondary N) is 1. The summed E-state index contributed by atoms with van der Waals surface area (Å²) in [6.07, 6.45) is 4.53. The molecule has 5 nitrogen and oxygen atoms in total. The number of hydrogen-bond donors (Lipinski definition) is 1. The third kappa shape index (κ3) is 3.65. The van der Waals surface area contributed by atoms with Gasteiger partial charge in [0.2, 0.25) is 0 Å². The Morgan fingerprint density at radius 3 is 2.81 bits per heavy atom. The highest BCUT2D eigenvalue weighted by atomic mass is 32.1. The number of ether oxygens (including phenoxy) is 1. The molecule has 1 unspecified atom stereocenters. The second-order valence-corrected chi connectivity index (χ2v) is 7.38. The van der Waals surface area contributed by atoms with Crippen LogP contribution in [0.2, 0.25) is 0 Å². The van der Waals surface area contributed by atoms with Crippen LogP contribution in [0.4, 0.5) is 0 Å². The van der Waals surface area contributed by atoms with Crippen molar-refractivity contribution < 1.29 is 9.53 Å². The molecule has 0 saturated carbocycles. The number of nitrogens with zero attached hydrogens (tertiary/aromatic N) is 2. The maximum absolute atomic E-state index is 12.9. The Bertz CT molecular complexity index is 913. The fraction of sp³-hybridized carbons (Fsp3) is 0.300. The van der Waals surface area contributed by atoms with Gasteiger partial charge in [-0.2, -0.15) is 0 Å². The predicted molar refractivity (Wildman–Crippen MR) is 104 cm³/mol. The minimum absolute atomic E-state index is 0.0892. The van der Waals surface area contributed by atoms with Crippen molar-refractivity contribution in [2.45, 2.75) is 26.3 Å². The van der Waals surface area contributed by atoms with E-state index in [4.69, 9.17) is 4.74 Å². The van der Waals surface area contributed by atoms with Crippen LogP contribution in [0, 0.1) is 6.92 Å². The largest absolute Gasteiger partial charge is 0.497 e. The van der Waals surface area contributed by atoms with E-state index in [1.54, 1.807) is 13.3 Å². The van der Waals surface area contributed by atoms with Crippen molar-refractivity contribution in [2.24, 2.45) is 7.05 Å². The Balaban J connectivity index is 1.95. The summed E-state index contributed by atoms with van der Waals surface area (Å²) in [5.74, 6) is 1.43. The molecule has 1 N–H and O–H groups in total. The number of carbonyl (C=O) groups excluding carboxylic acids is 1. The summed E-state index contributed by atoms with van der Waals surface area (Å²) in [5, 5.41) is 3.14. The van der Waals surface area contributed by atoms with Crippen LogP contribution in [0.1, 0.15) is 44.5 Å². The van der Waals surface area contributed by atoms with Gasteiger partial charge < -0.3 is 14.6 Å². The lowest BCUT2D eigenvalue weighted by Gasteiger charge is -2.19. The lowest BCUT2D eigenvalue weighted by Crippen LogP contribution is -2.30. The van der Waals surface area contributed by atoms with Crippen molar-refractivity contribution in [2.75, 3.05) is 7.11 Å². The fourth-order valence-corrected chi connectivity index (χ4v) is 3.98. The van der Waals surface area contributed by atoms with Gasteiger partial charge in [0.05, 0.1) is 12.0 Å². The maximum atomic E-state index is 12.9. The van der Waals surface area contributed by atoms with Gasteiger partial charge in [0.25, 0.3) is 5.91 Å². The molecule has 2 heterocycles. The van der Waals surface area contributed by atoms with Gasteiger partial charge in [0.1, 0.15) is 17.6 Å². The molecule has 0 radical (unpaired) electrons. The van der Waals surface area contributed by atoms with Crippen molar-refractivity contribution in [3.8, 4) is 5.75 Å². The first-order valence-electron chi connectivity index (χ1n) is 8.54. The molecule has 3 rings (SSSR count). The van der Waals surface area contributed by atoms with Crippen LogP contribution in [-0.4, -0.2) is 22.6 Å². The van der Waals surface area contributed by atoms with Gasteiger partial charge in [-0.25, -0.2) is 4.98 Å². The topological polar surface area (TPSA) is 56.1 Å².